The van der Waals surface area contributed by atoms with Crippen LogP contribution in [0.15, 0.2) is 42.5 Å². The summed E-state index contributed by atoms with van der Waals surface area (Å²) < 4.78 is 38.2. The number of benzene rings is 3. The topological polar surface area (TPSA) is 89.5 Å². The van der Waals surface area contributed by atoms with Gasteiger partial charge in [-0.1, -0.05) is 173 Å². The molecule has 0 radical (unpaired) electrons. The van der Waals surface area contributed by atoms with Crippen LogP contribution in [0.5, 0.6) is 11.5 Å². The zero-order valence-corrected chi connectivity index (χ0v) is 39.5. The van der Waals surface area contributed by atoms with Gasteiger partial charge in [-0.25, -0.2) is 0 Å². The lowest BCUT2D eigenvalue weighted by Gasteiger charge is -2.24. The van der Waals surface area contributed by atoms with Crippen LogP contribution in [0.1, 0.15) is 176 Å². The van der Waals surface area contributed by atoms with Crippen LogP contribution in [-0.4, -0.2) is 63.8 Å². The Balaban J connectivity index is 1.88. The molecule has 0 aromatic heterocycles. The minimum atomic E-state index is -0.558. The number of aryl methyl sites for hydroxylation is 1. The first-order chi connectivity index (χ1) is 29.8. The summed E-state index contributed by atoms with van der Waals surface area (Å²) in [5, 5.41) is 3.58. The smallest absolute Gasteiger partial charge is 0.306 e. The molecule has 0 aliphatic rings. The Hall–Kier alpha value is -3.36. The molecule has 0 heterocycles. The molecule has 8 nitrogen and oxygen atoms in total. The van der Waals surface area contributed by atoms with Crippen LogP contribution in [0.4, 0.5) is 0 Å². The molecule has 0 amide bonds. The van der Waals surface area contributed by atoms with Gasteiger partial charge in [-0.15, -0.1) is 0 Å². The second-order valence-corrected chi connectivity index (χ2v) is 17.3. The number of hydrogen-bond acceptors (Lipinski definition) is 8. The maximum atomic E-state index is 13.2. The molecule has 0 aliphatic carbocycles. The van der Waals surface area contributed by atoms with E-state index in [1.54, 1.807) is 0 Å². The van der Waals surface area contributed by atoms with Crippen molar-refractivity contribution in [2.75, 3.05) is 39.6 Å². The van der Waals surface area contributed by atoms with Gasteiger partial charge < -0.3 is 28.4 Å². The van der Waals surface area contributed by atoms with Crippen LogP contribution in [0.25, 0.3) is 21.5 Å². The van der Waals surface area contributed by atoms with Crippen molar-refractivity contribution in [2.24, 2.45) is 11.8 Å². The molecule has 0 fully saturated rings. The fraction of sp³-hybridized carbons (Fsp3) is 0.698. The summed E-state index contributed by atoms with van der Waals surface area (Å²) in [4.78, 5) is 26.3. The van der Waals surface area contributed by atoms with Gasteiger partial charge >= 0.3 is 11.9 Å². The molecule has 0 N–H and O–H groups in total. The van der Waals surface area contributed by atoms with E-state index < -0.39 is 12.2 Å². The van der Waals surface area contributed by atoms with Gasteiger partial charge in [0.1, 0.15) is 24.7 Å². The van der Waals surface area contributed by atoms with Gasteiger partial charge in [0.25, 0.3) is 0 Å². The second kappa shape index (κ2) is 31.5. The number of carbonyl (C=O) groups is 2. The van der Waals surface area contributed by atoms with Crippen LogP contribution < -0.4 is 9.47 Å². The van der Waals surface area contributed by atoms with E-state index in [9.17, 15) is 9.59 Å². The third kappa shape index (κ3) is 19.7. The molecule has 0 bridgehead atoms. The normalized spacial score (nSPS) is 13.6. The van der Waals surface area contributed by atoms with E-state index >= 15 is 0 Å². The molecule has 61 heavy (non-hydrogen) atoms. The molecule has 3 rings (SSSR count). The van der Waals surface area contributed by atoms with Crippen molar-refractivity contribution in [3.63, 3.8) is 0 Å². The van der Waals surface area contributed by atoms with Crippen LogP contribution in [-0.2, 0) is 28.5 Å². The van der Waals surface area contributed by atoms with E-state index in [1.165, 1.54) is 25.7 Å². The largest absolute Gasteiger partial charge is 0.488 e. The molecule has 4 atom stereocenters. The van der Waals surface area contributed by atoms with E-state index in [4.69, 9.17) is 28.4 Å². The molecular formula is C53H84O8. The van der Waals surface area contributed by atoms with Gasteiger partial charge in [-0.3, -0.25) is 9.59 Å². The lowest BCUT2D eigenvalue weighted by molar-refractivity contribution is -0.155. The quantitative estimate of drug-likeness (QED) is 0.0325. The maximum absolute atomic E-state index is 13.2. The summed E-state index contributed by atoms with van der Waals surface area (Å²) in [6.45, 7) is 17.5. The van der Waals surface area contributed by atoms with Crippen LogP contribution in [0, 0.1) is 18.8 Å². The summed E-state index contributed by atoms with van der Waals surface area (Å²) in [6.07, 6.45) is 19.4. The van der Waals surface area contributed by atoms with Crippen molar-refractivity contribution >= 4 is 33.5 Å². The zero-order chi connectivity index (χ0) is 44.1. The van der Waals surface area contributed by atoms with Crippen molar-refractivity contribution in [1.82, 2.24) is 0 Å². The summed E-state index contributed by atoms with van der Waals surface area (Å²) in [5.41, 5.74) is 1.08. The molecule has 8 heteroatoms. The van der Waals surface area contributed by atoms with E-state index in [2.05, 4.69) is 66.7 Å². The number of ether oxygens (including phenoxy) is 6. The van der Waals surface area contributed by atoms with Gasteiger partial charge in [0, 0.05) is 47.6 Å². The molecule has 0 saturated heterocycles. The number of hydrogen-bond donors (Lipinski definition) is 0. The molecular weight excluding hydrogens is 765 g/mol. The summed E-state index contributed by atoms with van der Waals surface area (Å²) >= 11 is 0. The highest BCUT2D eigenvalue weighted by molar-refractivity contribution is 6.11. The Kier molecular flexibility index (Phi) is 26.8. The number of esters is 2. The molecule has 3 aromatic rings. The lowest BCUT2D eigenvalue weighted by atomic mass is 9.99. The third-order valence-corrected chi connectivity index (χ3v) is 11.9. The molecule has 4 unspecified atom stereocenters. The first-order valence-electron chi connectivity index (χ1n) is 24.5. The van der Waals surface area contributed by atoms with Crippen LogP contribution in [0.2, 0.25) is 0 Å². The number of rotatable bonds is 36. The fourth-order valence-electron chi connectivity index (χ4n) is 7.87. The van der Waals surface area contributed by atoms with Gasteiger partial charge in [0.05, 0.1) is 13.2 Å². The monoisotopic (exact) mass is 849 g/mol. The predicted octanol–water partition coefficient (Wildman–Crippen LogP) is 14.1. The van der Waals surface area contributed by atoms with E-state index in [0.717, 1.165) is 117 Å². The minimum Gasteiger partial charge on any atom is -0.488 e. The summed E-state index contributed by atoms with van der Waals surface area (Å²) in [5.74, 6) is 1.96. The highest BCUT2D eigenvalue weighted by atomic mass is 16.6. The predicted molar refractivity (Wildman–Crippen MR) is 252 cm³/mol. The molecule has 344 valence electrons. The standard InChI is InChI=1S/C53H84O8/c1-8-14-18-20-22-30-50(54)60-44(37-56-35-42(12-5)26-16-10-3)39-58-52-46-28-24-25-29-47(46)53(49-34-41(7)32-33-48(49)52)59-40-45(38-57-36-43(13-6)27-17-11-4)61-51(55)31-23-21-19-15-9-2/h24-25,28-29,32-34,42-45H,8-23,26-27,30-31,35-40H2,1-7H3. The highest BCUT2D eigenvalue weighted by Gasteiger charge is 2.23. The molecule has 3 aromatic carbocycles. The average Bonchev–Trinajstić information content (AvgIpc) is 3.26. The Labute approximate surface area is 370 Å². The number of unbranched alkanes of at least 4 members (excludes halogenated alkanes) is 10. The van der Waals surface area contributed by atoms with Crippen molar-refractivity contribution in [2.45, 2.75) is 189 Å². The van der Waals surface area contributed by atoms with Gasteiger partial charge in [0.2, 0.25) is 0 Å². The van der Waals surface area contributed by atoms with Gasteiger partial charge in [0.15, 0.2) is 12.2 Å². The van der Waals surface area contributed by atoms with Crippen molar-refractivity contribution in [3.05, 3.63) is 48.0 Å². The van der Waals surface area contributed by atoms with Crippen LogP contribution >= 0.6 is 0 Å². The SMILES string of the molecule is CCCCCCCC(=O)OC(COCC(CC)CCCC)COc1c2ccccc2c(OCC(COCC(CC)CCCC)OC(=O)CCCCCCC)c2cc(C)ccc12. The Morgan fingerprint density at radius 2 is 0.902 bits per heavy atom. The summed E-state index contributed by atoms with van der Waals surface area (Å²) in [7, 11) is 0. The number of fused-ring (bicyclic) bond motifs is 2. The first kappa shape index (κ1) is 52.0. The molecule has 0 aliphatic heterocycles. The Bertz CT molecular complexity index is 1640. The molecule has 0 spiro atoms. The Morgan fingerprint density at radius 1 is 0.475 bits per heavy atom. The number of carbonyl (C=O) groups excluding carboxylic acids is 2. The second-order valence-electron chi connectivity index (χ2n) is 17.3. The van der Waals surface area contributed by atoms with Crippen molar-refractivity contribution in [1.29, 1.82) is 0 Å². The minimum absolute atomic E-state index is 0.158. The first-order valence-corrected chi connectivity index (χ1v) is 24.5. The maximum Gasteiger partial charge on any atom is 0.306 e. The summed E-state index contributed by atoms with van der Waals surface area (Å²) in [6, 6.07) is 14.4. The average molecular weight is 849 g/mol. The van der Waals surface area contributed by atoms with E-state index in [1.807, 2.05) is 24.3 Å². The fourth-order valence-corrected chi connectivity index (χ4v) is 7.87. The van der Waals surface area contributed by atoms with E-state index in [-0.39, 0.29) is 38.4 Å². The van der Waals surface area contributed by atoms with Gasteiger partial charge in [-0.05, 0) is 50.5 Å². The highest BCUT2D eigenvalue weighted by Crippen LogP contribution is 2.43. The lowest BCUT2D eigenvalue weighted by Crippen LogP contribution is -2.31. The van der Waals surface area contributed by atoms with Crippen molar-refractivity contribution in [3.8, 4) is 11.5 Å². The van der Waals surface area contributed by atoms with Crippen molar-refractivity contribution < 1.29 is 38.0 Å². The van der Waals surface area contributed by atoms with E-state index in [0.29, 0.717) is 49.4 Å². The third-order valence-electron chi connectivity index (χ3n) is 11.9. The van der Waals surface area contributed by atoms with Crippen LogP contribution in [0.3, 0.4) is 0 Å². The Morgan fingerprint density at radius 3 is 1.34 bits per heavy atom. The zero-order valence-electron chi connectivity index (χ0n) is 39.5. The van der Waals surface area contributed by atoms with Gasteiger partial charge in [-0.2, -0.15) is 0 Å². The molecule has 0 saturated carbocycles.